The summed E-state index contributed by atoms with van der Waals surface area (Å²) < 4.78 is 52.1. The number of aromatic nitrogens is 4. The molecule has 3 heterocycles. The summed E-state index contributed by atoms with van der Waals surface area (Å²) in [6, 6.07) is 14.7. The molecular weight excluding hydrogens is 397 g/mol. The average molecular weight is 412 g/mol. The third-order valence-corrected chi connectivity index (χ3v) is 4.98. The van der Waals surface area contributed by atoms with Crippen molar-refractivity contribution in [3.8, 4) is 23.0 Å². The minimum atomic E-state index is -4.45. The van der Waals surface area contributed by atoms with Crippen LogP contribution >= 0.6 is 0 Å². The Kier molecular flexibility index (Phi) is 4.39. The summed E-state index contributed by atoms with van der Waals surface area (Å²) in [5, 5.41) is 3.83. The summed E-state index contributed by atoms with van der Waals surface area (Å²) in [6.45, 7) is 0.886. The van der Waals surface area contributed by atoms with Crippen LogP contribution in [0.2, 0.25) is 0 Å². The van der Waals surface area contributed by atoms with Crippen molar-refractivity contribution in [2.75, 3.05) is 0 Å². The van der Waals surface area contributed by atoms with Gasteiger partial charge in [-0.1, -0.05) is 47.6 Å². The van der Waals surface area contributed by atoms with Gasteiger partial charge in [0.25, 0.3) is 5.89 Å². The predicted octanol–water partition coefficient (Wildman–Crippen LogP) is 4.89. The molecule has 0 radical (unpaired) electrons. The van der Waals surface area contributed by atoms with Crippen LogP contribution < -0.4 is 0 Å². The van der Waals surface area contributed by atoms with E-state index in [1.807, 2.05) is 34.9 Å². The number of benzene rings is 2. The highest BCUT2D eigenvalue weighted by atomic mass is 19.4. The number of rotatable bonds is 3. The lowest BCUT2D eigenvalue weighted by molar-refractivity contribution is -0.137. The minimum absolute atomic E-state index is 0.0664. The molecule has 0 fully saturated rings. The van der Waals surface area contributed by atoms with Gasteiger partial charge in [0.2, 0.25) is 5.82 Å². The van der Waals surface area contributed by atoms with Crippen LogP contribution in [-0.2, 0) is 24.1 Å². The Morgan fingerprint density at radius 3 is 2.67 bits per heavy atom. The van der Waals surface area contributed by atoms with Gasteiger partial charge in [-0.15, -0.1) is 0 Å². The number of alkyl halides is 3. The zero-order chi connectivity index (χ0) is 20.7. The first-order chi connectivity index (χ1) is 14.5. The van der Waals surface area contributed by atoms with Gasteiger partial charge in [-0.2, -0.15) is 18.2 Å². The van der Waals surface area contributed by atoms with Crippen LogP contribution in [0.15, 0.2) is 65.4 Å². The molecule has 0 saturated carbocycles. The van der Waals surface area contributed by atoms with Crippen LogP contribution in [0.5, 0.6) is 0 Å². The average Bonchev–Trinajstić information content (AvgIpc) is 3.40. The van der Waals surface area contributed by atoms with Crippen molar-refractivity contribution in [1.82, 2.24) is 19.7 Å². The predicted molar refractivity (Wildman–Crippen MR) is 99.9 cm³/mol. The van der Waals surface area contributed by atoms with Gasteiger partial charge in [0.1, 0.15) is 6.10 Å². The molecule has 0 spiro atoms. The maximum Gasteiger partial charge on any atom is 0.416 e. The van der Waals surface area contributed by atoms with E-state index in [9.17, 15) is 13.2 Å². The van der Waals surface area contributed by atoms with Gasteiger partial charge in [-0.05, 0) is 17.7 Å². The normalized spacial score (nSPS) is 16.4. The van der Waals surface area contributed by atoms with E-state index in [0.717, 1.165) is 23.4 Å². The highest BCUT2D eigenvalue weighted by Gasteiger charge is 2.31. The molecule has 2 aromatic carbocycles. The number of hydrogen-bond donors (Lipinski definition) is 0. The third kappa shape index (κ3) is 3.37. The second-order valence-electron chi connectivity index (χ2n) is 6.90. The Hall–Kier alpha value is -3.46. The highest BCUT2D eigenvalue weighted by molar-refractivity contribution is 5.60. The van der Waals surface area contributed by atoms with E-state index < -0.39 is 11.7 Å². The van der Waals surface area contributed by atoms with Crippen molar-refractivity contribution in [2.45, 2.75) is 25.4 Å². The molecule has 1 atom stereocenters. The first-order valence-corrected chi connectivity index (χ1v) is 9.21. The van der Waals surface area contributed by atoms with Gasteiger partial charge < -0.3 is 13.8 Å². The molecule has 9 heteroatoms. The van der Waals surface area contributed by atoms with E-state index >= 15 is 0 Å². The van der Waals surface area contributed by atoms with Gasteiger partial charge >= 0.3 is 6.18 Å². The molecule has 2 aromatic heterocycles. The minimum Gasteiger partial charge on any atom is -0.365 e. The van der Waals surface area contributed by atoms with Crippen LogP contribution in [0, 0.1) is 0 Å². The zero-order valence-corrected chi connectivity index (χ0v) is 15.5. The number of hydrogen-bond acceptors (Lipinski definition) is 5. The molecule has 30 heavy (non-hydrogen) atoms. The highest BCUT2D eigenvalue weighted by Crippen LogP contribution is 2.34. The molecule has 1 unspecified atom stereocenters. The van der Waals surface area contributed by atoms with E-state index in [2.05, 4.69) is 15.1 Å². The van der Waals surface area contributed by atoms with Gasteiger partial charge in [-0.25, -0.2) is 4.98 Å². The van der Waals surface area contributed by atoms with E-state index in [0.29, 0.717) is 18.8 Å². The largest absolute Gasteiger partial charge is 0.416 e. The standard InChI is InChI=1S/C21H15F3N4O2/c22-21(23,24)15-8-4-7-14(9-15)19-26-20(30-27-19)18-16-11-29-17(10-28(16)12-25-18)13-5-2-1-3-6-13/h1-9,12,17H,10-11H2. The van der Waals surface area contributed by atoms with Crippen LogP contribution in [-0.4, -0.2) is 19.7 Å². The quantitative estimate of drug-likeness (QED) is 0.479. The molecule has 0 N–H and O–H groups in total. The van der Waals surface area contributed by atoms with Crippen molar-refractivity contribution >= 4 is 0 Å². The summed E-state index contributed by atoms with van der Waals surface area (Å²) in [5.74, 6) is 0.203. The number of halogens is 3. The maximum absolute atomic E-state index is 13.0. The molecule has 0 aliphatic carbocycles. The molecule has 6 nitrogen and oxygen atoms in total. The zero-order valence-electron chi connectivity index (χ0n) is 15.5. The molecule has 152 valence electrons. The second kappa shape index (κ2) is 7.10. The molecular formula is C21H15F3N4O2. The van der Waals surface area contributed by atoms with Crippen LogP contribution in [0.1, 0.15) is 22.9 Å². The molecule has 0 saturated heterocycles. The topological polar surface area (TPSA) is 66.0 Å². The maximum atomic E-state index is 13.0. The van der Waals surface area contributed by atoms with Gasteiger partial charge in [0, 0.05) is 5.56 Å². The van der Waals surface area contributed by atoms with Crippen LogP contribution in [0.25, 0.3) is 23.0 Å². The monoisotopic (exact) mass is 412 g/mol. The van der Waals surface area contributed by atoms with E-state index in [1.54, 1.807) is 6.33 Å². The molecule has 1 aliphatic heterocycles. The fraction of sp³-hybridized carbons (Fsp3) is 0.190. The number of fused-ring (bicyclic) bond motifs is 1. The molecule has 0 amide bonds. The smallest absolute Gasteiger partial charge is 0.365 e. The second-order valence-corrected chi connectivity index (χ2v) is 6.90. The third-order valence-electron chi connectivity index (χ3n) is 4.98. The van der Waals surface area contributed by atoms with Gasteiger partial charge in [-0.3, -0.25) is 0 Å². The van der Waals surface area contributed by atoms with Crippen molar-refractivity contribution in [1.29, 1.82) is 0 Å². The van der Waals surface area contributed by atoms with Crippen molar-refractivity contribution < 1.29 is 22.4 Å². The Morgan fingerprint density at radius 1 is 1.03 bits per heavy atom. The summed E-state index contributed by atoms with van der Waals surface area (Å²) >= 11 is 0. The van der Waals surface area contributed by atoms with E-state index in [-0.39, 0.29) is 23.4 Å². The lowest BCUT2D eigenvalue weighted by Crippen LogP contribution is -2.20. The summed E-state index contributed by atoms with van der Waals surface area (Å²) in [7, 11) is 0. The summed E-state index contributed by atoms with van der Waals surface area (Å²) in [6.07, 6.45) is -2.86. The first-order valence-electron chi connectivity index (χ1n) is 9.21. The molecule has 0 bridgehead atoms. The lowest BCUT2D eigenvalue weighted by atomic mass is 10.1. The first kappa shape index (κ1) is 18.6. The fourth-order valence-electron chi connectivity index (χ4n) is 3.45. The summed E-state index contributed by atoms with van der Waals surface area (Å²) in [4.78, 5) is 8.62. The fourth-order valence-corrected chi connectivity index (χ4v) is 3.45. The molecule has 1 aliphatic rings. The molecule has 4 aromatic rings. The van der Waals surface area contributed by atoms with Crippen LogP contribution in [0.3, 0.4) is 0 Å². The van der Waals surface area contributed by atoms with E-state index in [1.165, 1.54) is 12.1 Å². The van der Waals surface area contributed by atoms with Crippen molar-refractivity contribution in [2.24, 2.45) is 0 Å². The SMILES string of the molecule is FC(F)(F)c1cccc(-c2noc(-c3ncn4c3COC(c3ccccc3)C4)n2)c1. The Bertz CT molecular complexity index is 1180. The van der Waals surface area contributed by atoms with Crippen molar-refractivity contribution in [3.63, 3.8) is 0 Å². The number of ether oxygens (including phenoxy) is 1. The molecule has 5 rings (SSSR count). The Labute approximate surface area is 168 Å². The van der Waals surface area contributed by atoms with Gasteiger partial charge in [0.15, 0.2) is 5.69 Å². The Morgan fingerprint density at radius 2 is 1.87 bits per heavy atom. The van der Waals surface area contributed by atoms with Crippen molar-refractivity contribution in [3.05, 3.63) is 77.7 Å². The van der Waals surface area contributed by atoms with Crippen LogP contribution in [0.4, 0.5) is 13.2 Å². The van der Waals surface area contributed by atoms with Gasteiger partial charge in [0.05, 0.1) is 30.7 Å². The number of imidazole rings is 1. The summed E-state index contributed by atoms with van der Waals surface area (Å²) in [5.41, 5.74) is 1.76. The van der Waals surface area contributed by atoms with E-state index in [4.69, 9.17) is 9.26 Å². The Balaban J connectivity index is 1.42. The number of nitrogens with zero attached hydrogens (tertiary/aromatic N) is 4. The lowest BCUT2D eigenvalue weighted by Gasteiger charge is -2.25.